The summed E-state index contributed by atoms with van der Waals surface area (Å²) in [6.45, 7) is 0. The molecule has 0 saturated heterocycles. The topological polar surface area (TPSA) is 38.5 Å². The van der Waals surface area contributed by atoms with Gasteiger partial charge >= 0.3 is 0 Å². The third-order valence-corrected chi connectivity index (χ3v) is 4.01. The predicted octanol–water partition coefficient (Wildman–Crippen LogP) is 3.77. The van der Waals surface area contributed by atoms with E-state index < -0.39 is 0 Å². The van der Waals surface area contributed by atoms with Crippen LogP contribution in [-0.4, -0.2) is 21.2 Å². The van der Waals surface area contributed by atoms with Gasteiger partial charge in [-0.1, -0.05) is 28.1 Å². The Morgan fingerprint density at radius 1 is 1.14 bits per heavy atom. The standard InChI is InChI=1S/C17H21BrN2O/c1-20(2)15-7-4-12(5-8-15)16(19)11-13-10-14(18)6-9-17(13)21-3/h4-10,16H,11,19H2,1-3H3. The molecule has 0 fully saturated rings. The third-order valence-electron chi connectivity index (χ3n) is 3.52. The van der Waals surface area contributed by atoms with Gasteiger partial charge in [-0.2, -0.15) is 0 Å². The van der Waals surface area contributed by atoms with Gasteiger partial charge < -0.3 is 15.4 Å². The summed E-state index contributed by atoms with van der Waals surface area (Å²) in [5.74, 6) is 0.874. The second-order valence-corrected chi connectivity index (χ2v) is 6.17. The summed E-state index contributed by atoms with van der Waals surface area (Å²) in [4.78, 5) is 2.08. The van der Waals surface area contributed by atoms with E-state index in [0.717, 1.165) is 27.8 Å². The van der Waals surface area contributed by atoms with Crippen molar-refractivity contribution in [1.82, 2.24) is 0 Å². The summed E-state index contributed by atoms with van der Waals surface area (Å²) >= 11 is 3.50. The number of ether oxygens (including phenoxy) is 1. The van der Waals surface area contributed by atoms with Crippen LogP contribution in [0, 0.1) is 0 Å². The molecule has 1 atom stereocenters. The number of hydrogen-bond acceptors (Lipinski definition) is 3. The van der Waals surface area contributed by atoms with Gasteiger partial charge in [0.05, 0.1) is 7.11 Å². The first-order chi connectivity index (χ1) is 10.0. The van der Waals surface area contributed by atoms with Gasteiger partial charge in [0.15, 0.2) is 0 Å². The molecule has 0 amide bonds. The molecule has 2 aromatic carbocycles. The fraction of sp³-hybridized carbons (Fsp3) is 0.294. The molecule has 1 unspecified atom stereocenters. The Balaban J connectivity index is 2.17. The van der Waals surface area contributed by atoms with Gasteiger partial charge in [0.1, 0.15) is 5.75 Å². The van der Waals surface area contributed by atoms with E-state index in [1.165, 1.54) is 5.69 Å². The lowest BCUT2D eigenvalue weighted by Crippen LogP contribution is -2.14. The van der Waals surface area contributed by atoms with Crippen molar-refractivity contribution in [2.45, 2.75) is 12.5 Å². The monoisotopic (exact) mass is 348 g/mol. The van der Waals surface area contributed by atoms with Crippen molar-refractivity contribution in [3.8, 4) is 5.75 Å². The molecule has 2 N–H and O–H groups in total. The number of nitrogens with zero attached hydrogens (tertiary/aromatic N) is 1. The maximum atomic E-state index is 6.34. The first kappa shape index (κ1) is 15.9. The minimum Gasteiger partial charge on any atom is -0.496 e. The number of nitrogens with two attached hydrogens (primary N) is 1. The second kappa shape index (κ2) is 6.96. The van der Waals surface area contributed by atoms with Crippen molar-refractivity contribution in [3.63, 3.8) is 0 Å². The second-order valence-electron chi connectivity index (χ2n) is 5.25. The number of rotatable bonds is 5. The molecule has 4 heteroatoms. The van der Waals surface area contributed by atoms with Crippen LogP contribution in [0.5, 0.6) is 5.75 Å². The van der Waals surface area contributed by atoms with Crippen molar-refractivity contribution < 1.29 is 4.74 Å². The molecule has 0 aliphatic heterocycles. The number of methoxy groups -OCH3 is 1. The van der Waals surface area contributed by atoms with E-state index in [1.807, 2.05) is 26.2 Å². The Bertz CT molecular complexity index is 596. The molecule has 2 rings (SSSR count). The van der Waals surface area contributed by atoms with Crippen LogP contribution in [0.2, 0.25) is 0 Å². The van der Waals surface area contributed by atoms with Crippen LogP contribution in [0.25, 0.3) is 0 Å². The van der Waals surface area contributed by atoms with Crippen molar-refractivity contribution in [2.75, 3.05) is 26.1 Å². The van der Waals surface area contributed by atoms with E-state index in [1.54, 1.807) is 7.11 Å². The number of hydrogen-bond donors (Lipinski definition) is 1. The van der Waals surface area contributed by atoms with Crippen molar-refractivity contribution >= 4 is 21.6 Å². The minimum atomic E-state index is -0.0515. The molecular weight excluding hydrogens is 328 g/mol. The molecule has 0 radical (unpaired) electrons. The van der Waals surface area contributed by atoms with Crippen LogP contribution in [-0.2, 0) is 6.42 Å². The molecule has 0 bridgehead atoms. The zero-order valence-corrected chi connectivity index (χ0v) is 14.2. The van der Waals surface area contributed by atoms with Gasteiger partial charge in [-0.3, -0.25) is 0 Å². The van der Waals surface area contributed by atoms with E-state index in [-0.39, 0.29) is 6.04 Å². The highest BCUT2D eigenvalue weighted by molar-refractivity contribution is 9.10. The summed E-state index contributed by atoms with van der Waals surface area (Å²) in [5, 5.41) is 0. The Morgan fingerprint density at radius 3 is 2.38 bits per heavy atom. The fourth-order valence-corrected chi connectivity index (χ4v) is 2.69. The van der Waals surface area contributed by atoms with Crippen LogP contribution >= 0.6 is 15.9 Å². The van der Waals surface area contributed by atoms with E-state index in [0.29, 0.717) is 0 Å². The minimum absolute atomic E-state index is 0.0515. The first-order valence-electron chi connectivity index (χ1n) is 6.86. The van der Waals surface area contributed by atoms with E-state index in [2.05, 4.69) is 51.2 Å². The normalized spacial score (nSPS) is 12.0. The van der Waals surface area contributed by atoms with Gasteiger partial charge in [-0.15, -0.1) is 0 Å². The molecule has 21 heavy (non-hydrogen) atoms. The number of benzene rings is 2. The van der Waals surface area contributed by atoms with Gasteiger partial charge in [-0.25, -0.2) is 0 Å². The maximum Gasteiger partial charge on any atom is 0.122 e. The number of anilines is 1. The molecule has 0 saturated carbocycles. The zero-order chi connectivity index (χ0) is 15.4. The van der Waals surface area contributed by atoms with Gasteiger partial charge in [0, 0.05) is 30.3 Å². The Labute approximate surface area is 134 Å². The summed E-state index contributed by atoms with van der Waals surface area (Å²) in [5.41, 5.74) is 9.75. The molecule has 2 aromatic rings. The van der Waals surface area contributed by atoms with Crippen LogP contribution < -0.4 is 15.4 Å². The molecule has 3 nitrogen and oxygen atoms in total. The van der Waals surface area contributed by atoms with E-state index >= 15 is 0 Å². The average Bonchev–Trinajstić information content (AvgIpc) is 2.47. The van der Waals surface area contributed by atoms with Crippen LogP contribution in [0.3, 0.4) is 0 Å². The SMILES string of the molecule is COc1ccc(Br)cc1CC(N)c1ccc(N(C)C)cc1. The van der Waals surface area contributed by atoms with E-state index in [4.69, 9.17) is 10.5 Å². The molecular formula is C17H21BrN2O. The summed E-state index contributed by atoms with van der Waals surface area (Å²) in [6, 6.07) is 14.3. The highest BCUT2D eigenvalue weighted by Gasteiger charge is 2.11. The maximum absolute atomic E-state index is 6.34. The molecule has 112 valence electrons. The van der Waals surface area contributed by atoms with Gasteiger partial charge in [-0.05, 0) is 47.9 Å². The lowest BCUT2D eigenvalue weighted by Gasteiger charge is -2.17. The highest BCUT2D eigenvalue weighted by atomic mass is 79.9. The van der Waals surface area contributed by atoms with Crippen LogP contribution in [0.15, 0.2) is 46.9 Å². The largest absolute Gasteiger partial charge is 0.496 e. The van der Waals surface area contributed by atoms with Crippen LogP contribution in [0.4, 0.5) is 5.69 Å². The van der Waals surface area contributed by atoms with Crippen molar-refractivity contribution in [2.24, 2.45) is 5.73 Å². The van der Waals surface area contributed by atoms with Gasteiger partial charge in [0.25, 0.3) is 0 Å². The smallest absolute Gasteiger partial charge is 0.122 e. The average molecular weight is 349 g/mol. The quantitative estimate of drug-likeness (QED) is 0.893. The molecule has 0 aliphatic rings. The van der Waals surface area contributed by atoms with Crippen LogP contribution in [0.1, 0.15) is 17.2 Å². The molecule has 0 aromatic heterocycles. The van der Waals surface area contributed by atoms with Crippen molar-refractivity contribution in [3.05, 3.63) is 58.1 Å². The summed E-state index contributed by atoms with van der Waals surface area (Å²) < 4.78 is 6.44. The zero-order valence-electron chi connectivity index (χ0n) is 12.6. The van der Waals surface area contributed by atoms with Gasteiger partial charge in [0.2, 0.25) is 0 Å². The highest BCUT2D eigenvalue weighted by Crippen LogP contribution is 2.27. The number of halogens is 1. The van der Waals surface area contributed by atoms with E-state index in [9.17, 15) is 0 Å². The first-order valence-corrected chi connectivity index (χ1v) is 7.66. The summed E-state index contributed by atoms with van der Waals surface area (Å²) in [7, 11) is 5.74. The molecule has 0 aliphatic carbocycles. The molecule has 0 heterocycles. The lowest BCUT2D eigenvalue weighted by atomic mass is 9.99. The lowest BCUT2D eigenvalue weighted by molar-refractivity contribution is 0.408. The Kier molecular flexibility index (Phi) is 5.26. The molecule has 0 spiro atoms. The Morgan fingerprint density at radius 2 is 1.81 bits per heavy atom. The fourth-order valence-electron chi connectivity index (χ4n) is 2.28. The predicted molar refractivity (Wildman–Crippen MR) is 92.1 cm³/mol. The summed E-state index contributed by atoms with van der Waals surface area (Å²) in [6.07, 6.45) is 0.740. The Hall–Kier alpha value is -1.52. The third kappa shape index (κ3) is 3.99. The van der Waals surface area contributed by atoms with Crippen molar-refractivity contribution in [1.29, 1.82) is 0 Å².